The SMILES string of the molecule is O=C(NCCc1ccccc1)C1(C(=O)NCc2ccc(Cl)cc2)CC1. The van der Waals surface area contributed by atoms with Gasteiger partial charge in [0, 0.05) is 18.1 Å². The predicted molar refractivity (Wildman–Crippen MR) is 98.1 cm³/mol. The van der Waals surface area contributed by atoms with Gasteiger partial charge < -0.3 is 10.6 Å². The summed E-state index contributed by atoms with van der Waals surface area (Å²) in [7, 11) is 0. The summed E-state index contributed by atoms with van der Waals surface area (Å²) >= 11 is 5.85. The van der Waals surface area contributed by atoms with Gasteiger partial charge in [0.15, 0.2) is 0 Å². The molecule has 0 spiro atoms. The van der Waals surface area contributed by atoms with Crippen LogP contribution in [0.4, 0.5) is 0 Å². The molecule has 0 aromatic heterocycles. The summed E-state index contributed by atoms with van der Waals surface area (Å²) in [6.07, 6.45) is 1.97. The number of halogens is 1. The van der Waals surface area contributed by atoms with Crippen LogP contribution in [0, 0.1) is 5.41 Å². The summed E-state index contributed by atoms with van der Waals surface area (Å²) in [5, 5.41) is 6.43. The van der Waals surface area contributed by atoms with Crippen molar-refractivity contribution in [2.75, 3.05) is 6.54 Å². The van der Waals surface area contributed by atoms with Crippen LogP contribution < -0.4 is 10.6 Å². The van der Waals surface area contributed by atoms with Gasteiger partial charge >= 0.3 is 0 Å². The molecule has 0 bridgehead atoms. The minimum absolute atomic E-state index is 0.169. The second-order valence-electron chi connectivity index (χ2n) is 6.38. The van der Waals surface area contributed by atoms with Crippen molar-refractivity contribution in [3.63, 3.8) is 0 Å². The van der Waals surface area contributed by atoms with E-state index >= 15 is 0 Å². The van der Waals surface area contributed by atoms with Crippen molar-refractivity contribution in [3.05, 3.63) is 70.7 Å². The highest BCUT2D eigenvalue weighted by Gasteiger charge is 2.56. The highest BCUT2D eigenvalue weighted by atomic mass is 35.5. The van der Waals surface area contributed by atoms with E-state index in [4.69, 9.17) is 11.6 Å². The third-order valence-electron chi connectivity index (χ3n) is 4.53. The largest absolute Gasteiger partial charge is 0.355 e. The number of rotatable bonds is 7. The Hall–Kier alpha value is -2.33. The molecule has 0 unspecified atom stereocenters. The molecule has 1 fully saturated rings. The van der Waals surface area contributed by atoms with Gasteiger partial charge in [-0.2, -0.15) is 0 Å². The Morgan fingerprint density at radius 3 is 2.16 bits per heavy atom. The lowest BCUT2D eigenvalue weighted by atomic mass is 10.0. The maximum atomic E-state index is 12.4. The fourth-order valence-electron chi connectivity index (χ4n) is 2.77. The molecule has 1 saturated carbocycles. The lowest BCUT2D eigenvalue weighted by molar-refractivity contribution is -0.137. The van der Waals surface area contributed by atoms with Gasteiger partial charge in [-0.05, 0) is 42.5 Å². The number of carbonyl (C=O) groups excluding carboxylic acids is 2. The Bertz CT molecular complexity index is 740. The minimum atomic E-state index is -0.886. The van der Waals surface area contributed by atoms with Crippen molar-refractivity contribution in [1.82, 2.24) is 10.6 Å². The fourth-order valence-corrected chi connectivity index (χ4v) is 2.90. The summed E-state index contributed by atoms with van der Waals surface area (Å²) in [6, 6.07) is 17.3. The molecule has 25 heavy (non-hydrogen) atoms. The van der Waals surface area contributed by atoms with Crippen molar-refractivity contribution in [1.29, 1.82) is 0 Å². The van der Waals surface area contributed by atoms with Crippen LogP contribution in [0.15, 0.2) is 54.6 Å². The van der Waals surface area contributed by atoms with E-state index in [0.29, 0.717) is 31.0 Å². The number of nitrogens with one attached hydrogen (secondary N) is 2. The molecule has 1 aliphatic carbocycles. The maximum absolute atomic E-state index is 12.4. The van der Waals surface area contributed by atoms with E-state index in [1.165, 1.54) is 5.56 Å². The smallest absolute Gasteiger partial charge is 0.235 e. The first-order valence-corrected chi connectivity index (χ1v) is 8.83. The molecule has 0 saturated heterocycles. The molecular weight excluding hydrogens is 336 g/mol. The number of amides is 2. The highest BCUT2D eigenvalue weighted by molar-refractivity contribution is 6.30. The van der Waals surface area contributed by atoms with Gasteiger partial charge in [-0.25, -0.2) is 0 Å². The fraction of sp³-hybridized carbons (Fsp3) is 0.300. The van der Waals surface area contributed by atoms with Crippen molar-refractivity contribution in [3.8, 4) is 0 Å². The Labute approximate surface area is 152 Å². The minimum Gasteiger partial charge on any atom is -0.355 e. The van der Waals surface area contributed by atoms with Crippen LogP contribution in [-0.4, -0.2) is 18.4 Å². The Morgan fingerprint density at radius 2 is 1.52 bits per heavy atom. The number of hydrogen-bond donors (Lipinski definition) is 2. The summed E-state index contributed by atoms with van der Waals surface area (Å²) < 4.78 is 0. The predicted octanol–water partition coefficient (Wildman–Crippen LogP) is 3.10. The third kappa shape index (κ3) is 4.40. The summed E-state index contributed by atoms with van der Waals surface area (Å²) in [5.74, 6) is -0.364. The van der Waals surface area contributed by atoms with Crippen LogP contribution in [0.2, 0.25) is 5.02 Å². The van der Waals surface area contributed by atoms with Crippen molar-refractivity contribution in [2.45, 2.75) is 25.8 Å². The zero-order chi connectivity index (χ0) is 17.7. The van der Waals surface area contributed by atoms with E-state index in [-0.39, 0.29) is 11.8 Å². The van der Waals surface area contributed by atoms with E-state index in [1.54, 1.807) is 12.1 Å². The molecule has 0 aliphatic heterocycles. The van der Waals surface area contributed by atoms with E-state index < -0.39 is 5.41 Å². The molecular formula is C20H21ClN2O2. The molecule has 5 heteroatoms. The molecule has 0 radical (unpaired) electrons. The van der Waals surface area contributed by atoms with Gasteiger partial charge in [0.25, 0.3) is 0 Å². The second kappa shape index (κ2) is 7.70. The van der Waals surface area contributed by atoms with E-state index in [2.05, 4.69) is 10.6 Å². The van der Waals surface area contributed by atoms with Gasteiger partial charge in [0.05, 0.1) is 0 Å². The monoisotopic (exact) mass is 356 g/mol. The standard InChI is InChI=1S/C20H21ClN2O2/c21-17-8-6-16(7-9-17)14-23-19(25)20(11-12-20)18(24)22-13-10-15-4-2-1-3-5-15/h1-9H,10-14H2,(H,22,24)(H,23,25). The molecule has 0 atom stereocenters. The Balaban J connectivity index is 1.47. The quantitative estimate of drug-likeness (QED) is 0.749. The second-order valence-corrected chi connectivity index (χ2v) is 6.82. The van der Waals surface area contributed by atoms with Crippen LogP contribution >= 0.6 is 11.6 Å². The van der Waals surface area contributed by atoms with Crippen LogP contribution in [-0.2, 0) is 22.6 Å². The lowest BCUT2D eigenvalue weighted by Crippen LogP contribution is -2.43. The average Bonchev–Trinajstić information content (AvgIpc) is 3.44. The first kappa shape index (κ1) is 17.5. The lowest BCUT2D eigenvalue weighted by Gasteiger charge is -2.15. The Kier molecular flexibility index (Phi) is 5.39. The van der Waals surface area contributed by atoms with E-state index in [9.17, 15) is 9.59 Å². The van der Waals surface area contributed by atoms with Crippen molar-refractivity contribution >= 4 is 23.4 Å². The molecule has 0 heterocycles. The van der Waals surface area contributed by atoms with Gasteiger partial charge in [-0.3, -0.25) is 9.59 Å². The molecule has 2 amide bonds. The van der Waals surface area contributed by atoms with E-state index in [1.807, 2.05) is 42.5 Å². The molecule has 2 aromatic carbocycles. The average molecular weight is 357 g/mol. The molecule has 4 nitrogen and oxygen atoms in total. The summed E-state index contributed by atoms with van der Waals surface area (Å²) in [5.41, 5.74) is 1.24. The maximum Gasteiger partial charge on any atom is 0.235 e. The molecule has 1 aliphatic rings. The van der Waals surface area contributed by atoms with Crippen molar-refractivity contribution < 1.29 is 9.59 Å². The van der Waals surface area contributed by atoms with E-state index in [0.717, 1.165) is 12.0 Å². The molecule has 3 rings (SSSR count). The first-order chi connectivity index (χ1) is 12.1. The third-order valence-corrected chi connectivity index (χ3v) is 4.78. The Morgan fingerprint density at radius 1 is 0.880 bits per heavy atom. The van der Waals surface area contributed by atoms with Crippen LogP contribution in [0.1, 0.15) is 24.0 Å². The summed E-state index contributed by atoms with van der Waals surface area (Å²) in [6.45, 7) is 0.935. The zero-order valence-electron chi connectivity index (χ0n) is 13.9. The van der Waals surface area contributed by atoms with Crippen LogP contribution in [0.25, 0.3) is 0 Å². The molecule has 130 valence electrons. The topological polar surface area (TPSA) is 58.2 Å². The molecule has 2 aromatic rings. The van der Waals surface area contributed by atoms with Gasteiger partial charge in [0.1, 0.15) is 5.41 Å². The number of hydrogen-bond acceptors (Lipinski definition) is 2. The van der Waals surface area contributed by atoms with Gasteiger partial charge in [0.2, 0.25) is 11.8 Å². The first-order valence-electron chi connectivity index (χ1n) is 8.45. The zero-order valence-corrected chi connectivity index (χ0v) is 14.7. The van der Waals surface area contributed by atoms with Crippen molar-refractivity contribution in [2.24, 2.45) is 5.41 Å². The number of carbonyl (C=O) groups is 2. The highest BCUT2D eigenvalue weighted by Crippen LogP contribution is 2.46. The number of benzene rings is 2. The summed E-state index contributed by atoms with van der Waals surface area (Å²) in [4.78, 5) is 24.9. The normalized spacial score (nSPS) is 14.6. The van der Waals surface area contributed by atoms with Gasteiger partial charge in [-0.1, -0.05) is 54.1 Å². The molecule has 2 N–H and O–H groups in total. The van der Waals surface area contributed by atoms with Gasteiger partial charge in [-0.15, -0.1) is 0 Å². The van der Waals surface area contributed by atoms with Crippen LogP contribution in [0.3, 0.4) is 0 Å². The van der Waals surface area contributed by atoms with Crippen LogP contribution in [0.5, 0.6) is 0 Å².